The maximum atomic E-state index is 13.8. The average Bonchev–Trinajstić information content (AvgIpc) is 2.71. The molecule has 0 amide bonds. The van der Waals surface area contributed by atoms with Crippen molar-refractivity contribution in [3.8, 4) is 0 Å². The van der Waals surface area contributed by atoms with E-state index in [0.29, 0.717) is 17.9 Å². The van der Waals surface area contributed by atoms with E-state index in [1.54, 1.807) is 0 Å². The van der Waals surface area contributed by atoms with Crippen molar-refractivity contribution >= 4 is 28.9 Å². The zero-order chi connectivity index (χ0) is 24.4. The second kappa shape index (κ2) is 7.95. The van der Waals surface area contributed by atoms with Gasteiger partial charge < -0.3 is 4.90 Å². The number of Topliss-reactive ketones (excluding diaryl/α,β-unsaturated/α-hetero) is 2. The van der Waals surface area contributed by atoms with Gasteiger partial charge in [-0.2, -0.15) is 0 Å². The predicted octanol–water partition coefficient (Wildman–Crippen LogP) is 7.54. The molecule has 0 aromatic heterocycles. The van der Waals surface area contributed by atoms with Gasteiger partial charge in [0.1, 0.15) is 0 Å². The topological polar surface area (TPSA) is 37.4 Å². The molecule has 0 fully saturated rings. The molecule has 1 heterocycles. The quantitative estimate of drug-likeness (QED) is 0.452. The predicted molar refractivity (Wildman–Crippen MR) is 138 cm³/mol. The lowest BCUT2D eigenvalue weighted by Gasteiger charge is -2.49. The Hall–Kier alpha value is -2.65. The molecule has 0 N–H and O–H groups in total. The van der Waals surface area contributed by atoms with Gasteiger partial charge in [0.05, 0.1) is 0 Å². The Labute approximate surface area is 207 Å². The van der Waals surface area contributed by atoms with Crippen LogP contribution in [0.1, 0.15) is 70.4 Å². The standard InChI is InChI=1S/C30H32ClNO2/c1-18-9-11-21(12-10-18)32-22-14-29(2,3)16-24(33)27(22)26(19-7-6-8-20(31)13-19)28-23(32)15-30(4,5)17-25(28)34/h6-13,26H,14-17H2,1-5H3. The number of allylic oxidation sites excluding steroid dienone is 4. The highest BCUT2D eigenvalue weighted by Gasteiger charge is 2.49. The highest BCUT2D eigenvalue weighted by molar-refractivity contribution is 6.30. The second-order valence-corrected chi connectivity index (χ2v) is 12.2. The number of aryl methyl sites for hydroxylation is 1. The Balaban J connectivity index is 1.83. The Kier molecular flexibility index (Phi) is 5.40. The van der Waals surface area contributed by atoms with E-state index in [-0.39, 0.29) is 28.3 Å². The van der Waals surface area contributed by atoms with Gasteiger partial charge in [0.2, 0.25) is 0 Å². The number of carbonyl (C=O) groups is 2. The van der Waals surface area contributed by atoms with E-state index in [1.807, 2.05) is 24.3 Å². The number of benzene rings is 2. The van der Waals surface area contributed by atoms with E-state index >= 15 is 0 Å². The first kappa shape index (κ1) is 23.1. The van der Waals surface area contributed by atoms with Crippen molar-refractivity contribution in [1.82, 2.24) is 0 Å². The molecule has 2 aliphatic carbocycles. The SMILES string of the molecule is Cc1ccc(N2C3=C(C(=O)CC(C)(C)C3)C(c3cccc(Cl)c3)C3=C2CC(C)(C)CC3=O)cc1. The third-order valence-corrected chi connectivity index (χ3v) is 7.62. The summed E-state index contributed by atoms with van der Waals surface area (Å²) in [6.45, 7) is 10.7. The van der Waals surface area contributed by atoms with Crippen LogP contribution in [0.3, 0.4) is 0 Å². The number of halogens is 1. The molecule has 0 radical (unpaired) electrons. The van der Waals surface area contributed by atoms with E-state index in [4.69, 9.17) is 11.6 Å². The highest BCUT2D eigenvalue weighted by atomic mass is 35.5. The average molecular weight is 474 g/mol. The molecule has 0 unspecified atom stereocenters. The number of hydrogen-bond acceptors (Lipinski definition) is 3. The van der Waals surface area contributed by atoms with E-state index in [1.165, 1.54) is 5.56 Å². The van der Waals surface area contributed by atoms with Crippen molar-refractivity contribution in [1.29, 1.82) is 0 Å². The van der Waals surface area contributed by atoms with E-state index in [2.05, 4.69) is 63.8 Å². The summed E-state index contributed by atoms with van der Waals surface area (Å²) in [5.74, 6) is -0.0901. The minimum absolute atomic E-state index is 0.137. The fourth-order valence-corrected chi connectivity index (χ4v) is 6.19. The smallest absolute Gasteiger partial charge is 0.162 e. The minimum Gasteiger partial charge on any atom is -0.317 e. The van der Waals surface area contributed by atoms with E-state index in [9.17, 15) is 9.59 Å². The Morgan fingerprint density at radius 2 is 1.32 bits per heavy atom. The first-order valence-corrected chi connectivity index (χ1v) is 12.5. The van der Waals surface area contributed by atoms with Crippen LogP contribution in [0.4, 0.5) is 5.69 Å². The molecule has 5 rings (SSSR count). The molecule has 4 heteroatoms. The van der Waals surface area contributed by atoms with Gasteiger partial charge in [-0.15, -0.1) is 0 Å². The van der Waals surface area contributed by atoms with Crippen molar-refractivity contribution in [3.63, 3.8) is 0 Å². The lowest BCUT2D eigenvalue weighted by Crippen LogP contribution is -2.44. The van der Waals surface area contributed by atoms with Crippen molar-refractivity contribution < 1.29 is 9.59 Å². The van der Waals surface area contributed by atoms with Gasteiger partial charge in [-0.3, -0.25) is 9.59 Å². The van der Waals surface area contributed by atoms with Crippen LogP contribution in [0.2, 0.25) is 5.02 Å². The molecule has 34 heavy (non-hydrogen) atoms. The van der Waals surface area contributed by atoms with Crippen LogP contribution in [0.5, 0.6) is 0 Å². The summed E-state index contributed by atoms with van der Waals surface area (Å²) >= 11 is 6.40. The fraction of sp³-hybridized carbons (Fsp3) is 0.400. The van der Waals surface area contributed by atoms with Crippen LogP contribution >= 0.6 is 11.6 Å². The Bertz CT molecular complexity index is 1210. The summed E-state index contributed by atoms with van der Waals surface area (Å²) in [5.41, 5.74) is 6.46. The molecule has 2 aromatic carbocycles. The lowest BCUT2D eigenvalue weighted by molar-refractivity contribution is -0.119. The van der Waals surface area contributed by atoms with Gasteiger partial charge in [0.25, 0.3) is 0 Å². The van der Waals surface area contributed by atoms with Crippen LogP contribution in [-0.2, 0) is 9.59 Å². The zero-order valence-corrected chi connectivity index (χ0v) is 21.4. The largest absolute Gasteiger partial charge is 0.317 e. The molecular formula is C30H32ClNO2. The van der Waals surface area contributed by atoms with Gasteiger partial charge in [0, 0.05) is 52.0 Å². The van der Waals surface area contributed by atoms with E-state index in [0.717, 1.165) is 46.6 Å². The molecule has 1 aliphatic heterocycles. The van der Waals surface area contributed by atoms with Crippen LogP contribution in [-0.4, -0.2) is 11.6 Å². The Morgan fingerprint density at radius 3 is 1.82 bits per heavy atom. The second-order valence-electron chi connectivity index (χ2n) is 11.8. The zero-order valence-electron chi connectivity index (χ0n) is 20.7. The molecule has 0 spiro atoms. The van der Waals surface area contributed by atoms with Gasteiger partial charge >= 0.3 is 0 Å². The minimum atomic E-state index is -0.363. The van der Waals surface area contributed by atoms with E-state index < -0.39 is 0 Å². The van der Waals surface area contributed by atoms with Crippen molar-refractivity contribution in [2.75, 3.05) is 4.90 Å². The first-order chi connectivity index (χ1) is 16.0. The van der Waals surface area contributed by atoms with Gasteiger partial charge in [0.15, 0.2) is 11.6 Å². The first-order valence-electron chi connectivity index (χ1n) is 12.1. The lowest BCUT2D eigenvalue weighted by atomic mass is 9.63. The highest BCUT2D eigenvalue weighted by Crippen LogP contribution is 2.55. The third-order valence-electron chi connectivity index (χ3n) is 7.38. The molecule has 3 nitrogen and oxygen atoms in total. The summed E-state index contributed by atoms with van der Waals surface area (Å²) in [6.07, 6.45) is 2.52. The fourth-order valence-electron chi connectivity index (χ4n) is 5.99. The van der Waals surface area contributed by atoms with Crippen molar-refractivity contribution in [3.05, 3.63) is 87.2 Å². The van der Waals surface area contributed by atoms with Gasteiger partial charge in [-0.25, -0.2) is 0 Å². The van der Waals surface area contributed by atoms with Crippen LogP contribution in [0, 0.1) is 17.8 Å². The molecular weight excluding hydrogens is 442 g/mol. The molecule has 3 aliphatic rings. The molecule has 0 saturated heterocycles. The Morgan fingerprint density at radius 1 is 0.794 bits per heavy atom. The number of carbonyl (C=O) groups excluding carboxylic acids is 2. The van der Waals surface area contributed by atoms with Gasteiger partial charge in [-0.05, 0) is 60.4 Å². The number of rotatable bonds is 2. The van der Waals surface area contributed by atoms with Gasteiger partial charge in [-0.1, -0.05) is 69.1 Å². The summed E-state index contributed by atoms with van der Waals surface area (Å²) in [4.78, 5) is 29.9. The maximum absolute atomic E-state index is 13.8. The maximum Gasteiger partial charge on any atom is 0.162 e. The third kappa shape index (κ3) is 3.94. The van der Waals surface area contributed by atoms with Crippen LogP contribution in [0.15, 0.2) is 71.1 Å². The summed E-state index contributed by atoms with van der Waals surface area (Å²) in [6, 6.07) is 16.1. The summed E-state index contributed by atoms with van der Waals surface area (Å²) in [7, 11) is 0. The molecule has 176 valence electrons. The number of anilines is 1. The van der Waals surface area contributed by atoms with Crippen LogP contribution < -0.4 is 4.90 Å². The summed E-state index contributed by atoms with van der Waals surface area (Å²) in [5, 5.41) is 0.620. The molecule has 0 bridgehead atoms. The number of nitrogens with zero attached hydrogens (tertiary/aromatic N) is 1. The number of hydrogen-bond donors (Lipinski definition) is 0. The monoisotopic (exact) mass is 473 g/mol. The van der Waals surface area contributed by atoms with Crippen molar-refractivity contribution in [2.24, 2.45) is 10.8 Å². The van der Waals surface area contributed by atoms with Crippen LogP contribution in [0.25, 0.3) is 0 Å². The molecule has 0 saturated carbocycles. The van der Waals surface area contributed by atoms with Crippen molar-refractivity contribution in [2.45, 2.75) is 66.2 Å². The number of ketones is 2. The summed E-state index contributed by atoms with van der Waals surface area (Å²) < 4.78 is 0. The molecule has 0 atom stereocenters. The molecule has 2 aromatic rings. The normalized spacial score (nSPS) is 22.1.